The van der Waals surface area contributed by atoms with Crippen molar-refractivity contribution in [1.29, 1.82) is 0 Å². The van der Waals surface area contributed by atoms with Crippen molar-refractivity contribution in [2.75, 3.05) is 7.11 Å². The number of benzene rings is 1. The van der Waals surface area contributed by atoms with Crippen molar-refractivity contribution in [2.45, 2.75) is 25.2 Å². The maximum absolute atomic E-state index is 13.3. The summed E-state index contributed by atoms with van der Waals surface area (Å²) in [6.45, 7) is 1.59. The largest absolute Gasteiger partial charge is 0.496 e. The van der Waals surface area contributed by atoms with Gasteiger partial charge in [0.1, 0.15) is 11.6 Å². The van der Waals surface area contributed by atoms with Gasteiger partial charge in [0.25, 0.3) is 0 Å². The van der Waals surface area contributed by atoms with Crippen LogP contribution in [0.15, 0.2) is 12.1 Å². The Kier molecular flexibility index (Phi) is 2.37. The standard InChI is InChI=1S/C12H13FO3/c1-7-9(13)4-3-8(10(7)16-2)12(5-6-12)11(14)15/h3-4H,5-6H2,1-2H3,(H,14,15). The fourth-order valence-electron chi connectivity index (χ4n) is 2.03. The third-order valence-electron chi connectivity index (χ3n) is 3.22. The Morgan fingerprint density at radius 2 is 2.12 bits per heavy atom. The first-order valence-electron chi connectivity index (χ1n) is 5.10. The van der Waals surface area contributed by atoms with Crippen LogP contribution < -0.4 is 4.74 Å². The molecular weight excluding hydrogens is 211 g/mol. The second kappa shape index (κ2) is 3.47. The summed E-state index contributed by atoms with van der Waals surface area (Å²) in [5, 5.41) is 9.19. The Balaban J connectivity index is 2.58. The molecule has 0 aromatic heterocycles. The molecule has 0 bridgehead atoms. The fourth-order valence-corrected chi connectivity index (χ4v) is 2.03. The highest BCUT2D eigenvalue weighted by atomic mass is 19.1. The van der Waals surface area contributed by atoms with E-state index < -0.39 is 11.4 Å². The summed E-state index contributed by atoms with van der Waals surface area (Å²) >= 11 is 0. The average molecular weight is 224 g/mol. The van der Waals surface area contributed by atoms with Gasteiger partial charge in [-0.15, -0.1) is 0 Å². The summed E-state index contributed by atoms with van der Waals surface area (Å²) in [5.74, 6) is -0.876. The zero-order chi connectivity index (χ0) is 11.9. The minimum Gasteiger partial charge on any atom is -0.496 e. The zero-order valence-corrected chi connectivity index (χ0v) is 9.21. The smallest absolute Gasteiger partial charge is 0.314 e. The lowest BCUT2D eigenvalue weighted by Crippen LogP contribution is -2.20. The van der Waals surface area contributed by atoms with Crippen molar-refractivity contribution in [1.82, 2.24) is 0 Å². The molecule has 0 heterocycles. The molecule has 3 nitrogen and oxygen atoms in total. The predicted octanol–water partition coefficient (Wildman–Crippen LogP) is 2.26. The number of carbonyl (C=O) groups is 1. The van der Waals surface area contributed by atoms with Crippen LogP contribution in [-0.2, 0) is 10.2 Å². The minimum atomic E-state index is -0.864. The van der Waals surface area contributed by atoms with Crippen LogP contribution >= 0.6 is 0 Å². The summed E-state index contributed by atoms with van der Waals surface area (Å²) in [7, 11) is 1.43. The Hall–Kier alpha value is -1.58. The predicted molar refractivity (Wildman–Crippen MR) is 56.2 cm³/mol. The van der Waals surface area contributed by atoms with Gasteiger partial charge >= 0.3 is 5.97 Å². The van der Waals surface area contributed by atoms with Crippen LogP contribution in [0.3, 0.4) is 0 Å². The number of aliphatic carboxylic acids is 1. The highest BCUT2D eigenvalue weighted by Gasteiger charge is 2.53. The fraction of sp³-hybridized carbons (Fsp3) is 0.417. The van der Waals surface area contributed by atoms with Crippen LogP contribution in [0.25, 0.3) is 0 Å². The summed E-state index contributed by atoms with van der Waals surface area (Å²) in [5.41, 5.74) is 0.0954. The molecule has 1 aromatic carbocycles. The monoisotopic (exact) mass is 224 g/mol. The molecule has 1 N–H and O–H groups in total. The summed E-state index contributed by atoms with van der Waals surface area (Å²) in [6.07, 6.45) is 1.17. The molecule has 1 aliphatic rings. The van der Waals surface area contributed by atoms with Gasteiger partial charge in [0.05, 0.1) is 12.5 Å². The lowest BCUT2D eigenvalue weighted by atomic mass is 9.93. The Morgan fingerprint density at radius 1 is 1.50 bits per heavy atom. The van der Waals surface area contributed by atoms with Crippen molar-refractivity contribution in [3.05, 3.63) is 29.1 Å². The molecule has 1 aromatic rings. The minimum absolute atomic E-state index is 0.361. The number of rotatable bonds is 3. The summed E-state index contributed by atoms with van der Waals surface area (Å²) in [6, 6.07) is 2.82. The van der Waals surface area contributed by atoms with E-state index in [4.69, 9.17) is 4.74 Å². The van der Waals surface area contributed by atoms with Gasteiger partial charge in [-0.2, -0.15) is 0 Å². The van der Waals surface area contributed by atoms with Crippen molar-refractivity contribution >= 4 is 5.97 Å². The van der Waals surface area contributed by atoms with Gasteiger partial charge in [-0.05, 0) is 25.8 Å². The molecule has 1 aliphatic carbocycles. The maximum atomic E-state index is 13.3. The van der Waals surface area contributed by atoms with E-state index >= 15 is 0 Å². The van der Waals surface area contributed by atoms with Crippen LogP contribution in [0.5, 0.6) is 5.75 Å². The maximum Gasteiger partial charge on any atom is 0.314 e. The lowest BCUT2D eigenvalue weighted by molar-refractivity contribution is -0.140. The molecule has 1 fully saturated rings. The number of methoxy groups -OCH3 is 1. The number of hydrogen-bond acceptors (Lipinski definition) is 2. The van der Waals surface area contributed by atoms with Gasteiger partial charge in [-0.25, -0.2) is 4.39 Å². The van der Waals surface area contributed by atoms with Gasteiger partial charge in [0.15, 0.2) is 0 Å². The van der Waals surface area contributed by atoms with Crippen LogP contribution in [-0.4, -0.2) is 18.2 Å². The van der Waals surface area contributed by atoms with Gasteiger partial charge in [0, 0.05) is 11.1 Å². The molecular formula is C12H13FO3. The second-order valence-corrected chi connectivity index (χ2v) is 4.14. The Labute approximate surface area is 92.9 Å². The molecule has 0 atom stereocenters. The van der Waals surface area contributed by atoms with Crippen LogP contribution in [0.1, 0.15) is 24.0 Å². The molecule has 0 saturated heterocycles. The van der Waals surface area contributed by atoms with Gasteiger partial charge < -0.3 is 9.84 Å². The number of carboxylic acid groups (broad SMARTS) is 1. The normalized spacial score (nSPS) is 16.9. The molecule has 2 rings (SSSR count). The topological polar surface area (TPSA) is 46.5 Å². The van der Waals surface area contributed by atoms with Crippen molar-refractivity contribution in [2.24, 2.45) is 0 Å². The number of hydrogen-bond donors (Lipinski definition) is 1. The zero-order valence-electron chi connectivity index (χ0n) is 9.21. The van der Waals surface area contributed by atoms with Crippen LogP contribution in [0.4, 0.5) is 4.39 Å². The molecule has 0 amide bonds. The Bertz CT molecular complexity index is 450. The number of halogens is 1. The molecule has 0 aliphatic heterocycles. The third kappa shape index (κ3) is 1.37. The molecule has 4 heteroatoms. The first kappa shape index (κ1) is 10.9. The molecule has 0 radical (unpaired) electrons. The molecule has 1 saturated carbocycles. The lowest BCUT2D eigenvalue weighted by Gasteiger charge is -2.16. The van der Waals surface area contributed by atoms with E-state index in [9.17, 15) is 14.3 Å². The van der Waals surface area contributed by atoms with E-state index in [1.54, 1.807) is 6.92 Å². The van der Waals surface area contributed by atoms with Gasteiger partial charge in [-0.3, -0.25) is 4.79 Å². The van der Waals surface area contributed by atoms with E-state index in [1.807, 2.05) is 0 Å². The molecule has 86 valence electrons. The van der Waals surface area contributed by atoms with E-state index in [2.05, 4.69) is 0 Å². The first-order valence-corrected chi connectivity index (χ1v) is 5.10. The van der Waals surface area contributed by atoms with Crippen molar-refractivity contribution in [3.8, 4) is 5.75 Å². The van der Waals surface area contributed by atoms with E-state index in [-0.39, 0.29) is 5.82 Å². The third-order valence-corrected chi connectivity index (χ3v) is 3.22. The average Bonchev–Trinajstić information content (AvgIpc) is 3.02. The van der Waals surface area contributed by atoms with Gasteiger partial charge in [0.2, 0.25) is 0 Å². The van der Waals surface area contributed by atoms with E-state index in [0.29, 0.717) is 29.7 Å². The quantitative estimate of drug-likeness (QED) is 0.856. The number of carboxylic acids is 1. The van der Waals surface area contributed by atoms with Gasteiger partial charge in [-0.1, -0.05) is 6.07 Å². The summed E-state index contributed by atoms with van der Waals surface area (Å²) in [4.78, 5) is 11.2. The SMILES string of the molecule is COc1c(C2(C(=O)O)CC2)ccc(F)c1C. The summed E-state index contributed by atoms with van der Waals surface area (Å²) < 4.78 is 18.5. The first-order chi connectivity index (χ1) is 7.53. The highest BCUT2D eigenvalue weighted by molar-refractivity contribution is 5.86. The van der Waals surface area contributed by atoms with E-state index in [0.717, 1.165) is 0 Å². The molecule has 0 spiro atoms. The molecule has 16 heavy (non-hydrogen) atoms. The van der Waals surface area contributed by atoms with Crippen LogP contribution in [0, 0.1) is 12.7 Å². The highest BCUT2D eigenvalue weighted by Crippen LogP contribution is 2.52. The Morgan fingerprint density at radius 3 is 2.56 bits per heavy atom. The van der Waals surface area contributed by atoms with Crippen LogP contribution in [0.2, 0.25) is 0 Å². The van der Waals surface area contributed by atoms with E-state index in [1.165, 1.54) is 19.2 Å². The number of ether oxygens (including phenoxy) is 1. The molecule has 0 unspecified atom stereocenters. The van der Waals surface area contributed by atoms with Crippen molar-refractivity contribution in [3.63, 3.8) is 0 Å². The van der Waals surface area contributed by atoms with Crippen molar-refractivity contribution < 1.29 is 19.0 Å². The second-order valence-electron chi connectivity index (χ2n) is 4.14.